The molecule has 1 atom stereocenters. The number of nitrogens with zero attached hydrogens (tertiary/aromatic N) is 3. The maximum Gasteiger partial charge on any atom is 0.282 e. The third-order valence-electron chi connectivity index (χ3n) is 7.23. The van der Waals surface area contributed by atoms with Gasteiger partial charge in [0, 0.05) is 11.1 Å². The van der Waals surface area contributed by atoms with E-state index in [-0.39, 0.29) is 17.6 Å². The molecule has 0 aliphatic carbocycles. The summed E-state index contributed by atoms with van der Waals surface area (Å²) in [5.41, 5.74) is 4.87. The molecule has 220 valence electrons. The Balaban J connectivity index is 1.93. The predicted molar refractivity (Wildman–Crippen MR) is 172 cm³/mol. The molecule has 0 N–H and O–H groups in total. The molecule has 4 rings (SSSR count). The average Bonchev–Trinajstić information content (AvgIpc) is 2.97. The summed E-state index contributed by atoms with van der Waals surface area (Å²) < 4.78 is 19.3. The molecule has 0 spiro atoms. The van der Waals surface area contributed by atoms with Gasteiger partial charge in [0.15, 0.2) is 17.3 Å². The van der Waals surface area contributed by atoms with E-state index in [1.165, 1.54) is 4.68 Å². The second-order valence-electron chi connectivity index (χ2n) is 10.6. The van der Waals surface area contributed by atoms with Crippen LogP contribution in [0.15, 0.2) is 71.1 Å². The molecule has 4 aromatic rings. The van der Waals surface area contributed by atoms with Gasteiger partial charge in [0.2, 0.25) is 0 Å². The van der Waals surface area contributed by atoms with Crippen LogP contribution in [0.5, 0.6) is 17.2 Å². The highest BCUT2D eigenvalue weighted by Gasteiger charge is 2.19. The molecule has 0 aliphatic rings. The highest BCUT2D eigenvalue weighted by atomic mass is 16.5. The van der Waals surface area contributed by atoms with Gasteiger partial charge in [0.1, 0.15) is 5.75 Å². The molecule has 7 heteroatoms. The molecule has 3 aromatic carbocycles. The summed E-state index contributed by atoms with van der Waals surface area (Å²) in [5, 5.41) is 5.22. The van der Waals surface area contributed by atoms with Gasteiger partial charge >= 0.3 is 0 Å². The lowest BCUT2D eigenvalue weighted by Gasteiger charge is -2.19. The summed E-state index contributed by atoms with van der Waals surface area (Å²) in [6, 6.07) is 15.3. The van der Waals surface area contributed by atoms with E-state index in [2.05, 4.69) is 33.4 Å². The predicted octanol–water partition coefficient (Wildman–Crippen LogP) is 7.69. The lowest BCUT2D eigenvalue weighted by Crippen LogP contribution is -2.21. The Labute approximate surface area is 248 Å². The van der Waals surface area contributed by atoms with E-state index in [4.69, 9.17) is 24.3 Å². The van der Waals surface area contributed by atoms with Gasteiger partial charge in [0.05, 0.1) is 36.9 Å². The fourth-order valence-electron chi connectivity index (χ4n) is 4.84. The van der Waals surface area contributed by atoms with E-state index in [1.54, 1.807) is 19.4 Å². The molecular formula is C35H41N3O4. The van der Waals surface area contributed by atoms with Gasteiger partial charge in [-0.25, -0.2) is 4.98 Å². The van der Waals surface area contributed by atoms with Crippen LogP contribution in [0.3, 0.4) is 0 Å². The van der Waals surface area contributed by atoms with Gasteiger partial charge in [0.25, 0.3) is 5.56 Å². The first-order valence-electron chi connectivity index (χ1n) is 14.5. The Morgan fingerprint density at radius 2 is 1.83 bits per heavy atom. The number of para-hydroxylation sites is 1. The lowest BCUT2D eigenvalue weighted by molar-refractivity contribution is 0.206. The number of benzene rings is 3. The van der Waals surface area contributed by atoms with Crippen LogP contribution >= 0.6 is 0 Å². The molecule has 1 heterocycles. The minimum absolute atomic E-state index is 0.0277. The highest BCUT2D eigenvalue weighted by molar-refractivity contribution is 5.83. The van der Waals surface area contributed by atoms with Crippen LogP contribution < -0.4 is 19.8 Å². The summed E-state index contributed by atoms with van der Waals surface area (Å²) in [6.07, 6.45) is 4.98. The third-order valence-corrected chi connectivity index (χ3v) is 7.23. The van der Waals surface area contributed by atoms with Gasteiger partial charge in [-0.2, -0.15) is 9.78 Å². The van der Waals surface area contributed by atoms with Gasteiger partial charge < -0.3 is 14.2 Å². The molecule has 1 aromatic heterocycles. The number of aryl methyl sites for hydroxylation is 1. The van der Waals surface area contributed by atoms with Gasteiger partial charge in [-0.05, 0) is 92.6 Å². The number of hydrogen-bond acceptors (Lipinski definition) is 6. The van der Waals surface area contributed by atoms with E-state index in [1.807, 2.05) is 63.2 Å². The van der Waals surface area contributed by atoms with E-state index < -0.39 is 0 Å². The van der Waals surface area contributed by atoms with Crippen LogP contribution in [0, 0.1) is 6.92 Å². The Morgan fingerprint density at radius 1 is 1.07 bits per heavy atom. The Kier molecular flexibility index (Phi) is 9.84. The lowest BCUT2D eigenvalue weighted by atomic mass is 9.96. The first-order valence-corrected chi connectivity index (χ1v) is 14.5. The highest BCUT2D eigenvalue weighted by Crippen LogP contribution is 2.36. The SMILES string of the molecule is C=CCc1cc(C=Nn2c(-c3cc(C(C)C)c(OCC)cc3C)nc3ccccc3c2=O)cc(OC)c1O[C@H](C)CC. The number of hydrogen-bond donors (Lipinski definition) is 0. The molecule has 0 unspecified atom stereocenters. The van der Waals surface area contributed by atoms with Crippen LogP contribution in [0.1, 0.15) is 69.2 Å². The standard InChI is InChI=1S/C35H41N3O4/c1-9-14-26-18-25(19-32(40-8)33(26)42-24(7)10-2)21-36-38-34(37-30-16-13-12-15-27(30)35(38)39)29-20-28(22(4)5)31(41-11-3)17-23(29)6/h9,12-13,15-22,24H,1,10-11,14H2,2-8H3/t24-/m1/s1. The first kappa shape index (κ1) is 30.6. The smallest absolute Gasteiger partial charge is 0.282 e. The normalized spacial score (nSPS) is 12.2. The zero-order valence-corrected chi connectivity index (χ0v) is 25.7. The average molecular weight is 568 g/mol. The first-order chi connectivity index (χ1) is 20.2. The second kappa shape index (κ2) is 13.5. The number of allylic oxidation sites excluding steroid dienone is 1. The molecule has 42 heavy (non-hydrogen) atoms. The number of methoxy groups -OCH3 is 1. The molecular weight excluding hydrogens is 526 g/mol. The molecule has 0 amide bonds. The number of ether oxygens (including phenoxy) is 3. The minimum Gasteiger partial charge on any atom is -0.494 e. The van der Waals surface area contributed by atoms with Crippen LogP contribution in [0.25, 0.3) is 22.3 Å². The molecule has 0 saturated heterocycles. The minimum atomic E-state index is -0.249. The number of rotatable bonds is 12. The van der Waals surface area contributed by atoms with Crippen LogP contribution in [0.4, 0.5) is 0 Å². The zero-order chi connectivity index (χ0) is 30.4. The fourth-order valence-corrected chi connectivity index (χ4v) is 4.84. The topological polar surface area (TPSA) is 74.9 Å². The largest absolute Gasteiger partial charge is 0.494 e. The summed E-state index contributed by atoms with van der Waals surface area (Å²) in [7, 11) is 1.62. The van der Waals surface area contributed by atoms with Gasteiger partial charge in [-0.1, -0.05) is 39.0 Å². The molecule has 7 nitrogen and oxygen atoms in total. The van der Waals surface area contributed by atoms with Crippen molar-refractivity contribution in [3.05, 3.63) is 93.8 Å². The second-order valence-corrected chi connectivity index (χ2v) is 10.6. The third kappa shape index (κ3) is 6.40. The number of aromatic nitrogens is 2. The number of fused-ring (bicyclic) bond motifs is 1. The zero-order valence-electron chi connectivity index (χ0n) is 25.7. The van der Waals surface area contributed by atoms with E-state index in [0.717, 1.165) is 40.0 Å². The van der Waals surface area contributed by atoms with Crippen molar-refractivity contribution in [2.24, 2.45) is 5.10 Å². The molecule has 0 aliphatic heterocycles. The molecule has 0 fully saturated rings. The Bertz CT molecular complexity index is 1670. The van der Waals surface area contributed by atoms with Crippen molar-refractivity contribution in [1.29, 1.82) is 0 Å². The van der Waals surface area contributed by atoms with Crippen LogP contribution in [-0.4, -0.2) is 35.7 Å². The molecule has 0 bridgehead atoms. The summed E-state index contributed by atoms with van der Waals surface area (Å²) in [6.45, 7) is 16.8. The van der Waals surface area contributed by atoms with Crippen molar-refractivity contribution in [3.8, 4) is 28.6 Å². The van der Waals surface area contributed by atoms with E-state index >= 15 is 0 Å². The van der Waals surface area contributed by atoms with Crippen molar-refractivity contribution in [1.82, 2.24) is 9.66 Å². The Hall–Kier alpha value is -4.39. The van der Waals surface area contributed by atoms with Gasteiger partial charge in [-0.3, -0.25) is 4.79 Å². The maximum atomic E-state index is 13.9. The molecule has 0 radical (unpaired) electrons. The van der Waals surface area contributed by atoms with Crippen molar-refractivity contribution < 1.29 is 14.2 Å². The Morgan fingerprint density at radius 3 is 2.50 bits per heavy atom. The van der Waals surface area contributed by atoms with Crippen molar-refractivity contribution in [2.45, 2.75) is 66.4 Å². The maximum absolute atomic E-state index is 13.9. The van der Waals surface area contributed by atoms with Crippen molar-refractivity contribution >= 4 is 17.1 Å². The van der Waals surface area contributed by atoms with Crippen molar-refractivity contribution in [2.75, 3.05) is 13.7 Å². The van der Waals surface area contributed by atoms with Gasteiger partial charge in [-0.15, -0.1) is 6.58 Å². The quantitative estimate of drug-likeness (QED) is 0.130. The molecule has 0 saturated carbocycles. The van der Waals surface area contributed by atoms with Crippen LogP contribution in [-0.2, 0) is 6.42 Å². The van der Waals surface area contributed by atoms with Crippen LogP contribution in [0.2, 0.25) is 0 Å². The van der Waals surface area contributed by atoms with E-state index in [0.29, 0.717) is 41.3 Å². The monoisotopic (exact) mass is 567 g/mol. The fraction of sp³-hybridized carbons (Fsp3) is 0.343. The summed E-state index contributed by atoms with van der Waals surface area (Å²) in [5.74, 6) is 2.81. The summed E-state index contributed by atoms with van der Waals surface area (Å²) >= 11 is 0. The van der Waals surface area contributed by atoms with Crippen molar-refractivity contribution in [3.63, 3.8) is 0 Å². The summed E-state index contributed by atoms with van der Waals surface area (Å²) in [4.78, 5) is 18.8. The van der Waals surface area contributed by atoms with E-state index in [9.17, 15) is 4.79 Å².